The lowest BCUT2D eigenvalue weighted by Gasteiger charge is -2.18. The van der Waals surface area contributed by atoms with Gasteiger partial charge in [0.1, 0.15) is 5.75 Å². The Morgan fingerprint density at radius 1 is 1.31 bits per heavy atom. The van der Waals surface area contributed by atoms with Gasteiger partial charge in [-0.15, -0.1) is 0 Å². The van der Waals surface area contributed by atoms with Crippen molar-refractivity contribution in [2.24, 2.45) is 0 Å². The molecule has 0 aliphatic rings. The zero-order valence-electron chi connectivity index (χ0n) is 10.6. The number of nitrogen functional groups attached to an aromatic ring is 1. The minimum atomic E-state index is 0.296. The van der Waals surface area contributed by atoms with Gasteiger partial charge in [0.2, 0.25) is 0 Å². The van der Waals surface area contributed by atoms with Crippen molar-refractivity contribution in [3.8, 4) is 5.75 Å². The second kappa shape index (κ2) is 6.41. The molecule has 1 aromatic rings. The molecule has 0 radical (unpaired) electrons. The van der Waals surface area contributed by atoms with Crippen LogP contribution in [0.5, 0.6) is 5.75 Å². The lowest BCUT2D eigenvalue weighted by molar-refractivity contribution is 0.184. The summed E-state index contributed by atoms with van der Waals surface area (Å²) in [6.45, 7) is 6.40. The van der Waals surface area contributed by atoms with Gasteiger partial charge in [0.15, 0.2) is 0 Å². The molecule has 0 saturated heterocycles. The van der Waals surface area contributed by atoms with Crippen LogP contribution in [0.15, 0.2) is 18.2 Å². The first-order valence-electron chi connectivity index (χ1n) is 6.20. The van der Waals surface area contributed by atoms with E-state index in [0.717, 1.165) is 24.3 Å². The Labute approximate surface area is 98.8 Å². The largest absolute Gasteiger partial charge is 0.488 e. The lowest BCUT2D eigenvalue weighted by Crippen LogP contribution is -2.15. The predicted molar refractivity (Wildman–Crippen MR) is 69.8 cm³/mol. The van der Waals surface area contributed by atoms with Crippen molar-refractivity contribution in [1.82, 2.24) is 0 Å². The van der Waals surface area contributed by atoms with Crippen molar-refractivity contribution in [3.63, 3.8) is 0 Å². The Hall–Kier alpha value is -1.18. The molecule has 0 aromatic heterocycles. The summed E-state index contributed by atoms with van der Waals surface area (Å²) in [6.07, 6.45) is 4.87. The van der Waals surface area contributed by atoms with Crippen LogP contribution >= 0.6 is 0 Å². The molecule has 0 aliphatic carbocycles. The Bertz CT molecular complexity index is 323. The maximum atomic E-state index is 5.93. The summed E-state index contributed by atoms with van der Waals surface area (Å²) >= 11 is 0. The molecule has 2 N–H and O–H groups in total. The zero-order valence-corrected chi connectivity index (χ0v) is 10.6. The number of unbranched alkanes of at least 4 members (excludes halogenated alkanes) is 1. The third kappa shape index (κ3) is 3.76. The van der Waals surface area contributed by atoms with E-state index in [4.69, 9.17) is 10.5 Å². The van der Waals surface area contributed by atoms with E-state index in [1.807, 2.05) is 25.1 Å². The van der Waals surface area contributed by atoms with Crippen LogP contribution in [0.4, 0.5) is 5.69 Å². The van der Waals surface area contributed by atoms with Crippen LogP contribution in [-0.2, 0) is 0 Å². The van der Waals surface area contributed by atoms with Gasteiger partial charge in [0.05, 0.1) is 11.8 Å². The number of rotatable bonds is 6. The quantitative estimate of drug-likeness (QED) is 0.739. The van der Waals surface area contributed by atoms with E-state index in [9.17, 15) is 0 Å². The first kappa shape index (κ1) is 12.9. The van der Waals surface area contributed by atoms with Crippen LogP contribution in [0.2, 0.25) is 0 Å². The van der Waals surface area contributed by atoms with Gasteiger partial charge in [0.25, 0.3) is 0 Å². The highest BCUT2D eigenvalue weighted by Gasteiger charge is 2.09. The third-order valence-corrected chi connectivity index (χ3v) is 2.79. The molecule has 0 saturated carbocycles. The van der Waals surface area contributed by atoms with Gasteiger partial charge in [-0.3, -0.25) is 0 Å². The number of aryl methyl sites for hydroxylation is 1. The lowest BCUT2D eigenvalue weighted by atomic mass is 10.1. The monoisotopic (exact) mass is 221 g/mol. The number of nitrogens with two attached hydrogens (primary N) is 1. The fourth-order valence-electron chi connectivity index (χ4n) is 1.73. The van der Waals surface area contributed by atoms with E-state index < -0.39 is 0 Å². The highest BCUT2D eigenvalue weighted by molar-refractivity contribution is 5.54. The van der Waals surface area contributed by atoms with Crippen molar-refractivity contribution in [2.45, 2.75) is 52.6 Å². The third-order valence-electron chi connectivity index (χ3n) is 2.79. The van der Waals surface area contributed by atoms with Crippen molar-refractivity contribution in [1.29, 1.82) is 0 Å². The van der Waals surface area contributed by atoms with Crippen LogP contribution in [0.1, 0.15) is 45.1 Å². The van der Waals surface area contributed by atoms with E-state index in [-0.39, 0.29) is 0 Å². The van der Waals surface area contributed by atoms with Crippen LogP contribution < -0.4 is 10.5 Å². The summed E-state index contributed by atoms with van der Waals surface area (Å²) in [5.41, 5.74) is 7.85. The predicted octanol–water partition coefficient (Wildman–Crippen LogP) is 3.92. The zero-order chi connectivity index (χ0) is 12.0. The van der Waals surface area contributed by atoms with Crippen molar-refractivity contribution in [3.05, 3.63) is 23.8 Å². The highest BCUT2D eigenvalue weighted by Crippen LogP contribution is 2.25. The first-order chi connectivity index (χ1) is 7.67. The normalized spacial score (nSPS) is 12.4. The molecular formula is C14H23NO. The fourth-order valence-corrected chi connectivity index (χ4v) is 1.73. The van der Waals surface area contributed by atoms with Gasteiger partial charge < -0.3 is 10.5 Å². The van der Waals surface area contributed by atoms with Crippen molar-refractivity contribution < 1.29 is 4.74 Å². The molecule has 2 nitrogen and oxygen atoms in total. The summed E-state index contributed by atoms with van der Waals surface area (Å²) in [5, 5.41) is 0. The number of hydrogen-bond donors (Lipinski definition) is 1. The van der Waals surface area contributed by atoms with Crippen molar-refractivity contribution in [2.75, 3.05) is 5.73 Å². The number of anilines is 1. The van der Waals surface area contributed by atoms with Gasteiger partial charge in [-0.05, 0) is 37.5 Å². The number of benzene rings is 1. The van der Waals surface area contributed by atoms with Crippen LogP contribution in [0.3, 0.4) is 0 Å². The Balaban J connectivity index is 2.62. The fraction of sp³-hybridized carbons (Fsp3) is 0.571. The topological polar surface area (TPSA) is 35.2 Å². The molecule has 90 valence electrons. The van der Waals surface area contributed by atoms with Gasteiger partial charge >= 0.3 is 0 Å². The Morgan fingerprint density at radius 3 is 2.62 bits per heavy atom. The molecule has 0 amide bonds. The number of hydrogen-bond acceptors (Lipinski definition) is 2. The van der Waals surface area contributed by atoms with Gasteiger partial charge in [0, 0.05) is 0 Å². The van der Waals surface area contributed by atoms with E-state index in [1.165, 1.54) is 18.4 Å². The maximum Gasteiger partial charge on any atom is 0.142 e. The second-order valence-corrected chi connectivity index (χ2v) is 4.33. The molecule has 1 aromatic carbocycles. The first-order valence-corrected chi connectivity index (χ1v) is 6.20. The van der Waals surface area contributed by atoms with E-state index in [0.29, 0.717) is 6.10 Å². The van der Waals surface area contributed by atoms with Crippen LogP contribution in [-0.4, -0.2) is 6.10 Å². The standard InChI is InChI=1S/C14H23NO/c1-4-6-7-12(5-2)16-14-9-8-11(3)10-13(14)15/h8-10,12H,4-7,15H2,1-3H3/t12-/m1/s1. The average molecular weight is 221 g/mol. The van der Waals surface area contributed by atoms with Crippen molar-refractivity contribution >= 4 is 5.69 Å². The summed E-state index contributed by atoms with van der Waals surface area (Å²) < 4.78 is 5.93. The molecule has 1 atom stereocenters. The molecule has 2 heteroatoms. The second-order valence-electron chi connectivity index (χ2n) is 4.33. The van der Waals surface area contributed by atoms with Gasteiger partial charge in [-0.1, -0.05) is 32.8 Å². The molecule has 0 heterocycles. The Morgan fingerprint density at radius 2 is 2.06 bits per heavy atom. The SMILES string of the molecule is CCCC[C@@H](CC)Oc1ccc(C)cc1N. The van der Waals surface area contributed by atoms with Crippen LogP contribution in [0.25, 0.3) is 0 Å². The van der Waals surface area contributed by atoms with Gasteiger partial charge in [-0.2, -0.15) is 0 Å². The summed E-state index contributed by atoms with van der Waals surface area (Å²) in [6, 6.07) is 5.97. The minimum absolute atomic E-state index is 0.296. The molecule has 0 aliphatic heterocycles. The molecule has 16 heavy (non-hydrogen) atoms. The molecule has 0 bridgehead atoms. The molecule has 0 fully saturated rings. The summed E-state index contributed by atoms with van der Waals surface area (Å²) in [4.78, 5) is 0. The summed E-state index contributed by atoms with van der Waals surface area (Å²) in [7, 11) is 0. The van der Waals surface area contributed by atoms with E-state index >= 15 is 0 Å². The smallest absolute Gasteiger partial charge is 0.142 e. The maximum absolute atomic E-state index is 5.93. The molecular weight excluding hydrogens is 198 g/mol. The molecule has 0 unspecified atom stereocenters. The average Bonchev–Trinajstić information content (AvgIpc) is 2.27. The van der Waals surface area contributed by atoms with E-state index in [1.54, 1.807) is 0 Å². The van der Waals surface area contributed by atoms with Crippen LogP contribution in [0, 0.1) is 6.92 Å². The molecule has 1 rings (SSSR count). The highest BCUT2D eigenvalue weighted by atomic mass is 16.5. The minimum Gasteiger partial charge on any atom is -0.488 e. The van der Waals surface area contributed by atoms with Gasteiger partial charge in [-0.25, -0.2) is 0 Å². The molecule has 0 spiro atoms. The number of ether oxygens (including phenoxy) is 1. The van der Waals surface area contributed by atoms with E-state index in [2.05, 4.69) is 13.8 Å². The Kier molecular flexibility index (Phi) is 5.17. The summed E-state index contributed by atoms with van der Waals surface area (Å²) in [5.74, 6) is 0.827.